The Hall–Kier alpha value is -0.690. The Bertz CT molecular complexity index is 253. The second-order valence-corrected chi connectivity index (χ2v) is 4.22. The third-order valence-corrected chi connectivity index (χ3v) is 2.36. The number of alkyl halides is 1. The first-order valence-corrected chi connectivity index (χ1v) is 4.96. The van der Waals surface area contributed by atoms with Crippen molar-refractivity contribution in [1.29, 1.82) is 0 Å². The highest BCUT2D eigenvalue weighted by Gasteiger charge is 2.09. The Morgan fingerprint density at radius 1 is 1.23 bits per heavy atom. The van der Waals surface area contributed by atoms with Gasteiger partial charge in [-0.3, -0.25) is 0 Å². The molecular weight excluding hydrogens is 184 g/mol. The van der Waals surface area contributed by atoms with Gasteiger partial charge in [-0.2, -0.15) is 0 Å². The monoisotopic (exact) mass is 198 g/mol. The number of benzene rings is 1. The molecule has 0 aliphatic carbocycles. The molecule has 0 amide bonds. The smallest absolute Gasteiger partial charge is 0.115 e. The first-order valence-electron chi connectivity index (χ1n) is 4.52. The molecule has 1 atom stereocenters. The summed E-state index contributed by atoms with van der Waals surface area (Å²) in [6.07, 6.45) is 0.965. The van der Waals surface area contributed by atoms with Crippen molar-refractivity contribution >= 4 is 11.6 Å². The van der Waals surface area contributed by atoms with Crippen molar-refractivity contribution in [3.8, 4) is 5.75 Å². The van der Waals surface area contributed by atoms with E-state index < -0.39 is 0 Å². The molecule has 1 nitrogen and oxygen atoms in total. The van der Waals surface area contributed by atoms with E-state index >= 15 is 0 Å². The largest absolute Gasteiger partial charge is 0.508 e. The number of halogens is 1. The minimum atomic E-state index is 0.0561. The van der Waals surface area contributed by atoms with Crippen LogP contribution in [0, 0.1) is 5.92 Å². The van der Waals surface area contributed by atoms with E-state index in [-0.39, 0.29) is 11.1 Å². The minimum Gasteiger partial charge on any atom is -0.508 e. The van der Waals surface area contributed by atoms with Gasteiger partial charge in [-0.15, -0.1) is 11.6 Å². The molecule has 0 aliphatic heterocycles. The van der Waals surface area contributed by atoms with Crippen LogP contribution < -0.4 is 0 Å². The van der Waals surface area contributed by atoms with Gasteiger partial charge in [-0.25, -0.2) is 0 Å². The Labute approximate surface area is 84.4 Å². The van der Waals surface area contributed by atoms with Gasteiger partial charge in [0.2, 0.25) is 0 Å². The molecule has 0 aromatic heterocycles. The van der Waals surface area contributed by atoms with E-state index in [9.17, 15) is 0 Å². The molecule has 1 aromatic carbocycles. The number of phenolic OH excluding ortho intramolecular Hbond substituents is 1. The van der Waals surface area contributed by atoms with Gasteiger partial charge in [0, 0.05) is 0 Å². The number of hydrogen-bond donors (Lipinski definition) is 1. The number of hydrogen-bond acceptors (Lipinski definition) is 1. The lowest BCUT2D eigenvalue weighted by Crippen LogP contribution is -1.95. The summed E-state index contributed by atoms with van der Waals surface area (Å²) in [5.74, 6) is 0.883. The molecule has 0 aliphatic rings. The summed E-state index contributed by atoms with van der Waals surface area (Å²) in [5, 5.41) is 9.13. The summed E-state index contributed by atoms with van der Waals surface area (Å²) in [6, 6.07) is 7.08. The summed E-state index contributed by atoms with van der Waals surface area (Å²) in [6.45, 7) is 4.30. The van der Waals surface area contributed by atoms with Crippen LogP contribution in [-0.2, 0) is 0 Å². The van der Waals surface area contributed by atoms with Crippen LogP contribution >= 0.6 is 11.6 Å². The Kier molecular flexibility index (Phi) is 3.61. The summed E-state index contributed by atoms with van der Waals surface area (Å²) >= 11 is 6.17. The standard InChI is InChI=1S/C11H15ClO/c1-8(2)7-11(12)9-3-5-10(13)6-4-9/h3-6,8,11,13H,7H2,1-2H3. The minimum absolute atomic E-state index is 0.0561. The molecular formula is C11H15ClO. The SMILES string of the molecule is CC(C)CC(Cl)c1ccc(O)cc1. The fourth-order valence-corrected chi connectivity index (χ4v) is 1.73. The lowest BCUT2D eigenvalue weighted by Gasteiger charge is -2.11. The summed E-state index contributed by atoms with van der Waals surface area (Å²) in [4.78, 5) is 0. The van der Waals surface area contributed by atoms with E-state index in [0.29, 0.717) is 5.92 Å². The Morgan fingerprint density at radius 2 is 1.77 bits per heavy atom. The lowest BCUT2D eigenvalue weighted by atomic mass is 10.0. The van der Waals surface area contributed by atoms with Crippen LogP contribution in [0.15, 0.2) is 24.3 Å². The second kappa shape index (κ2) is 4.52. The zero-order valence-corrected chi connectivity index (χ0v) is 8.75. The van der Waals surface area contributed by atoms with Gasteiger partial charge in [-0.05, 0) is 30.0 Å². The summed E-state index contributed by atoms with van der Waals surface area (Å²) < 4.78 is 0. The number of phenols is 1. The molecule has 0 saturated carbocycles. The first-order chi connectivity index (χ1) is 6.09. The van der Waals surface area contributed by atoms with Crippen LogP contribution in [0.5, 0.6) is 5.75 Å². The number of rotatable bonds is 3. The quantitative estimate of drug-likeness (QED) is 0.734. The molecule has 72 valence electrons. The van der Waals surface area contributed by atoms with Gasteiger partial charge < -0.3 is 5.11 Å². The van der Waals surface area contributed by atoms with Crippen LogP contribution in [0.4, 0.5) is 0 Å². The van der Waals surface area contributed by atoms with Gasteiger partial charge in [0.1, 0.15) is 5.75 Å². The van der Waals surface area contributed by atoms with E-state index in [1.165, 1.54) is 0 Å². The molecule has 1 unspecified atom stereocenters. The molecule has 0 spiro atoms. The highest BCUT2D eigenvalue weighted by Crippen LogP contribution is 2.28. The molecule has 2 heteroatoms. The van der Waals surface area contributed by atoms with Crippen molar-refractivity contribution in [2.75, 3.05) is 0 Å². The van der Waals surface area contributed by atoms with Crippen molar-refractivity contribution in [1.82, 2.24) is 0 Å². The van der Waals surface area contributed by atoms with Crippen molar-refractivity contribution in [2.24, 2.45) is 5.92 Å². The maximum atomic E-state index is 9.08. The summed E-state index contributed by atoms with van der Waals surface area (Å²) in [7, 11) is 0. The van der Waals surface area contributed by atoms with E-state index in [4.69, 9.17) is 16.7 Å². The van der Waals surface area contributed by atoms with E-state index in [2.05, 4.69) is 13.8 Å². The van der Waals surface area contributed by atoms with E-state index in [0.717, 1.165) is 12.0 Å². The average molecular weight is 199 g/mol. The van der Waals surface area contributed by atoms with Crippen LogP contribution in [-0.4, -0.2) is 5.11 Å². The first kappa shape index (κ1) is 10.4. The zero-order valence-electron chi connectivity index (χ0n) is 8.00. The van der Waals surface area contributed by atoms with Crippen molar-refractivity contribution < 1.29 is 5.11 Å². The Morgan fingerprint density at radius 3 is 2.23 bits per heavy atom. The molecule has 0 heterocycles. The zero-order chi connectivity index (χ0) is 9.84. The third kappa shape index (κ3) is 3.27. The second-order valence-electron chi connectivity index (χ2n) is 3.69. The fourth-order valence-electron chi connectivity index (χ4n) is 1.23. The molecule has 13 heavy (non-hydrogen) atoms. The topological polar surface area (TPSA) is 20.2 Å². The molecule has 1 N–H and O–H groups in total. The van der Waals surface area contributed by atoms with Gasteiger partial charge in [-0.1, -0.05) is 26.0 Å². The fraction of sp³-hybridized carbons (Fsp3) is 0.455. The van der Waals surface area contributed by atoms with Gasteiger partial charge in [0.05, 0.1) is 5.38 Å². The Balaban J connectivity index is 2.66. The third-order valence-electron chi connectivity index (χ3n) is 1.93. The molecule has 1 rings (SSSR count). The molecule has 0 radical (unpaired) electrons. The van der Waals surface area contributed by atoms with E-state index in [1.807, 2.05) is 12.1 Å². The van der Waals surface area contributed by atoms with Gasteiger partial charge >= 0.3 is 0 Å². The predicted molar refractivity (Wildman–Crippen MR) is 56.2 cm³/mol. The normalized spacial score (nSPS) is 13.2. The maximum Gasteiger partial charge on any atom is 0.115 e. The molecule has 0 saturated heterocycles. The average Bonchev–Trinajstić information content (AvgIpc) is 2.04. The van der Waals surface area contributed by atoms with Crippen molar-refractivity contribution in [3.05, 3.63) is 29.8 Å². The molecule has 0 fully saturated rings. The van der Waals surface area contributed by atoms with Gasteiger partial charge in [0.15, 0.2) is 0 Å². The maximum absolute atomic E-state index is 9.08. The van der Waals surface area contributed by atoms with E-state index in [1.54, 1.807) is 12.1 Å². The van der Waals surface area contributed by atoms with Crippen LogP contribution in [0.1, 0.15) is 31.2 Å². The van der Waals surface area contributed by atoms with Crippen LogP contribution in [0.3, 0.4) is 0 Å². The molecule has 1 aromatic rings. The van der Waals surface area contributed by atoms with Crippen molar-refractivity contribution in [3.63, 3.8) is 0 Å². The highest BCUT2D eigenvalue weighted by molar-refractivity contribution is 6.20. The molecule has 0 bridgehead atoms. The van der Waals surface area contributed by atoms with Crippen molar-refractivity contribution in [2.45, 2.75) is 25.6 Å². The lowest BCUT2D eigenvalue weighted by molar-refractivity contribution is 0.475. The predicted octanol–water partition coefficient (Wildman–Crippen LogP) is 3.72. The highest BCUT2D eigenvalue weighted by atomic mass is 35.5. The van der Waals surface area contributed by atoms with Crippen LogP contribution in [0.25, 0.3) is 0 Å². The van der Waals surface area contributed by atoms with Gasteiger partial charge in [0.25, 0.3) is 0 Å². The van der Waals surface area contributed by atoms with Crippen LogP contribution in [0.2, 0.25) is 0 Å². The summed E-state index contributed by atoms with van der Waals surface area (Å²) in [5.41, 5.74) is 1.08. The number of aromatic hydroxyl groups is 1.